The number of aromatic nitrogens is 1. The number of hydrogen-bond acceptors (Lipinski definition) is 4. The van der Waals surface area contributed by atoms with Gasteiger partial charge in [0.1, 0.15) is 11.5 Å². The van der Waals surface area contributed by atoms with E-state index in [4.69, 9.17) is 9.15 Å². The fraction of sp³-hybridized carbons (Fsp3) is 0.462. The molecule has 31 heavy (non-hydrogen) atoms. The lowest BCUT2D eigenvalue weighted by Crippen LogP contribution is -2.20. The zero-order valence-electron chi connectivity index (χ0n) is 18.6. The summed E-state index contributed by atoms with van der Waals surface area (Å²) in [5.41, 5.74) is 5.45. The van der Waals surface area contributed by atoms with Crippen molar-refractivity contribution in [2.75, 3.05) is 6.61 Å². The Morgan fingerprint density at radius 3 is 2.87 bits per heavy atom. The molecule has 1 aromatic heterocycles. The second kappa shape index (κ2) is 9.13. The minimum Gasteiger partial charge on any atom is -0.493 e. The highest BCUT2D eigenvalue weighted by Gasteiger charge is 2.33. The van der Waals surface area contributed by atoms with Gasteiger partial charge in [0, 0.05) is 12.0 Å². The average Bonchev–Trinajstić information content (AvgIpc) is 3.33. The summed E-state index contributed by atoms with van der Waals surface area (Å²) in [6.07, 6.45) is 11.6. The third-order valence-electron chi connectivity index (χ3n) is 6.53. The lowest BCUT2D eigenvalue weighted by molar-refractivity contribution is -0.142. The predicted molar refractivity (Wildman–Crippen MR) is 120 cm³/mol. The first kappa shape index (κ1) is 21.4. The molecular weight excluding hydrogens is 390 g/mol. The summed E-state index contributed by atoms with van der Waals surface area (Å²) in [7, 11) is 0. The van der Waals surface area contributed by atoms with Crippen LogP contribution in [-0.2, 0) is 17.6 Å². The summed E-state index contributed by atoms with van der Waals surface area (Å²) >= 11 is 0. The van der Waals surface area contributed by atoms with Crippen molar-refractivity contribution in [2.45, 2.75) is 65.2 Å². The molecule has 0 bridgehead atoms. The monoisotopic (exact) mass is 421 g/mol. The fourth-order valence-corrected chi connectivity index (χ4v) is 4.80. The second-order valence-corrected chi connectivity index (χ2v) is 8.57. The third-order valence-corrected chi connectivity index (χ3v) is 6.53. The summed E-state index contributed by atoms with van der Waals surface area (Å²) in [5.74, 6) is 1.50. The molecule has 4 rings (SSSR count). The Bertz CT molecular complexity index is 1030. The van der Waals surface area contributed by atoms with E-state index in [9.17, 15) is 9.90 Å². The first-order chi connectivity index (χ1) is 15.0. The standard InChI is InChI=1S/C26H31NO4/c1-4-20(26(28)29)21-11-10-19-15-24(16(2)14-22(19)21)30-13-12-23-17(3)31-25(27-23)18-8-6-5-7-9-18/h6,8-9,14-15,20-21H,4-5,7,10-13H2,1-3H3,(H,28,29). The number of nitrogens with zero attached hydrogens (tertiary/aromatic N) is 1. The smallest absolute Gasteiger partial charge is 0.307 e. The van der Waals surface area contributed by atoms with Crippen LogP contribution in [0, 0.1) is 19.8 Å². The number of benzene rings is 1. The van der Waals surface area contributed by atoms with Crippen LogP contribution in [0.5, 0.6) is 5.75 Å². The van der Waals surface area contributed by atoms with Crippen molar-refractivity contribution in [3.05, 3.63) is 64.4 Å². The van der Waals surface area contributed by atoms with Gasteiger partial charge in [0.05, 0.1) is 18.2 Å². The molecule has 164 valence electrons. The van der Waals surface area contributed by atoms with Crippen molar-refractivity contribution in [1.29, 1.82) is 0 Å². The van der Waals surface area contributed by atoms with Crippen LogP contribution in [0.2, 0.25) is 0 Å². The number of oxazole rings is 1. The molecular formula is C26H31NO4. The van der Waals surface area contributed by atoms with Gasteiger partial charge >= 0.3 is 5.97 Å². The molecule has 2 atom stereocenters. The summed E-state index contributed by atoms with van der Waals surface area (Å²) in [5, 5.41) is 9.57. The predicted octanol–water partition coefficient (Wildman–Crippen LogP) is 5.79. The molecule has 0 fully saturated rings. The molecule has 0 saturated carbocycles. The summed E-state index contributed by atoms with van der Waals surface area (Å²) < 4.78 is 12.0. The van der Waals surface area contributed by atoms with Crippen LogP contribution in [0.4, 0.5) is 0 Å². The van der Waals surface area contributed by atoms with Gasteiger partial charge in [-0.05, 0) is 74.6 Å². The normalized spacial score (nSPS) is 18.5. The highest BCUT2D eigenvalue weighted by atomic mass is 16.5. The maximum Gasteiger partial charge on any atom is 0.307 e. The summed E-state index contributed by atoms with van der Waals surface area (Å²) in [6.45, 7) is 6.47. The topological polar surface area (TPSA) is 72.6 Å². The maximum absolute atomic E-state index is 11.6. The van der Waals surface area contributed by atoms with E-state index < -0.39 is 5.97 Å². The molecule has 2 aliphatic rings. The van der Waals surface area contributed by atoms with E-state index in [0.29, 0.717) is 25.3 Å². The van der Waals surface area contributed by atoms with Crippen molar-refractivity contribution in [3.63, 3.8) is 0 Å². The Kier molecular flexibility index (Phi) is 6.30. The third kappa shape index (κ3) is 4.46. The molecule has 0 radical (unpaired) electrons. The van der Waals surface area contributed by atoms with Crippen molar-refractivity contribution in [2.24, 2.45) is 5.92 Å². The number of carboxylic acid groups (broad SMARTS) is 1. The minimum absolute atomic E-state index is 0.101. The van der Waals surface area contributed by atoms with E-state index >= 15 is 0 Å². The number of fused-ring (bicyclic) bond motifs is 1. The Hall–Kier alpha value is -2.82. The Balaban J connectivity index is 1.42. The highest BCUT2D eigenvalue weighted by molar-refractivity contribution is 5.72. The first-order valence-corrected chi connectivity index (χ1v) is 11.3. The van der Waals surface area contributed by atoms with Crippen LogP contribution in [0.3, 0.4) is 0 Å². The van der Waals surface area contributed by atoms with E-state index in [0.717, 1.165) is 54.0 Å². The number of rotatable bonds is 8. The quantitative estimate of drug-likeness (QED) is 0.584. The van der Waals surface area contributed by atoms with Crippen LogP contribution < -0.4 is 4.74 Å². The van der Waals surface area contributed by atoms with E-state index in [1.165, 1.54) is 11.1 Å². The van der Waals surface area contributed by atoms with E-state index in [-0.39, 0.29) is 11.8 Å². The van der Waals surface area contributed by atoms with Crippen LogP contribution in [0.25, 0.3) is 5.57 Å². The molecule has 0 saturated heterocycles. The number of hydrogen-bond donors (Lipinski definition) is 1. The number of aliphatic carboxylic acids is 1. The maximum atomic E-state index is 11.6. The number of ether oxygens (including phenoxy) is 1. The van der Waals surface area contributed by atoms with Crippen molar-refractivity contribution in [1.82, 2.24) is 4.98 Å². The molecule has 2 aliphatic carbocycles. The van der Waals surface area contributed by atoms with Gasteiger partial charge in [0.25, 0.3) is 0 Å². The molecule has 1 aromatic carbocycles. The summed E-state index contributed by atoms with van der Waals surface area (Å²) in [6, 6.07) is 4.24. The molecule has 2 unspecified atom stereocenters. The zero-order chi connectivity index (χ0) is 22.0. The van der Waals surface area contributed by atoms with Gasteiger partial charge in [-0.15, -0.1) is 0 Å². The van der Waals surface area contributed by atoms with Crippen LogP contribution in [0.15, 0.2) is 34.8 Å². The molecule has 2 aromatic rings. The van der Waals surface area contributed by atoms with Gasteiger partial charge < -0.3 is 14.3 Å². The Morgan fingerprint density at radius 1 is 1.32 bits per heavy atom. The van der Waals surface area contributed by atoms with Crippen molar-refractivity contribution in [3.8, 4) is 5.75 Å². The van der Waals surface area contributed by atoms with Crippen LogP contribution in [0.1, 0.15) is 72.6 Å². The molecule has 0 aliphatic heterocycles. The van der Waals surface area contributed by atoms with Gasteiger partial charge in [-0.2, -0.15) is 0 Å². The number of carbonyl (C=O) groups is 1. The van der Waals surface area contributed by atoms with Gasteiger partial charge in [0.15, 0.2) is 0 Å². The zero-order valence-corrected chi connectivity index (χ0v) is 18.6. The fourth-order valence-electron chi connectivity index (χ4n) is 4.80. The molecule has 0 amide bonds. The highest BCUT2D eigenvalue weighted by Crippen LogP contribution is 2.42. The minimum atomic E-state index is -0.694. The second-order valence-electron chi connectivity index (χ2n) is 8.57. The van der Waals surface area contributed by atoms with Crippen LogP contribution >= 0.6 is 0 Å². The Labute approximate surface area is 183 Å². The SMILES string of the molecule is CCC(C(=O)O)C1CCc2cc(OCCc3nc(C4=CCCC=C4)oc3C)c(C)cc21. The lowest BCUT2D eigenvalue weighted by Gasteiger charge is -2.20. The van der Waals surface area contributed by atoms with Crippen molar-refractivity contribution < 1.29 is 19.1 Å². The van der Waals surface area contributed by atoms with E-state index in [1.807, 2.05) is 20.8 Å². The van der Waals surface area contributed by atoms with Crippen molar-refractivity contribution >= 4 is 11.5 Å². The molecule has 0 spiro atoms. The van der Waals surface area contributed by atoms with Gasteiger partial charge in [-0.3, -0.25) is 4.79 Å². The Morgan fingerprint density at radius 2 is 2.16 bits per heavy atom. The molecule has 1 N–H and O–H groups in total. The average molecular weight is 422 g/mol. The molecule has 1 heterocycles. The van der Waals surface area contributed by atoms with Crippen LogP contribution in [-0.4, -0.2) is 22.7 Å². The molecule has 5 heteroatoms. The van der Waals surface area contributed by atoms with E-state index in [1.54, 1.807) is 0 Å². The van der Waals surface area contributed by atoms with Gasteiger partial charge in [-0.25, -0.2) is 4.98 Å². The lowest BCUT2D eigenvalue weighted by atomic mass is 9.85. The van der Waals surface area contributed by atoms with Gasteiger partial charge in [0.2, 0.25) is 5.89 Å². The number of allylic oxidation sites excluding steroid dienone is 4. The summed E-state index contributed by atoms with van der Waals surface area (Å²) in [4.78, 5) is 16.3. The number of aryl methyl sites for hydroxylation is 3. The molecule has 5 nitrogen and oxygen atoms in total. The number of carboxylic acids is 1. The largest absolute Gasteiger partial charge is 0.493 e. The first-order valence-electron chi connectivity index (χ1n) is 11.3. The van der Waals surface area contributed by atoms with Gasteiger partial charge in [-0.1, -0.05) is 31.2 Å². The van der Waals surface area contributed by atoms with E-state index in [2.05, 4.69) is 35.3 Å².